The number of halogens is 1. The van der Waals surface area contributed by atoms with Gasteiger partial charge >= 0.3 is 11.9 Å². The maximum Gasteiger partial charge on any atom is 0.320 e. The molecule has 0 aliphatic carbocycles. The van der Waals surface area contributed by atoms with Gasteiger partial charge in [0.15, 0.2) is 0 Å². The molecule has 1 heterocycles. The Kier molecular flexibility index (Phi) is 6.77. The Bertz CT molecular complexity index is 472. The van der Waals surface area contributed by atoms with Gasteiger partial charge in [0.25, 0.3) is 0 Å². The van der Waals surface area contributed by atoms with Crippen molar-refractivity contribution in [3.63, 3.8) is 0 Å². The number of benzene rings is 1. The Morgan fingerprint density at radius 2 is 1.95 bits per heavy atom. The highest BCUT2D eigenvalue weighted by Gasteiger charge is 2.20. The van der Waals surface area contributed by atoms with Crippen molar-refractivity contribution in [3.05, 3.63) is 35.6 Å². The molecule has 0 radical (unpaired) electrons. The van der Waals surface area contributed by atoms with Gasteiger partial charge in [-0.25, -0.2) is 4.39 Å². The first-order chi connectivity index (χ1) is 9.90. The zero-order valence-electron chi connectivity index (χ0n) is 11.5. The number of hydrogen-bond acceptors (Lipinski definition) is 4. The van der Waals surface area contributed by atoms with E-state index in [2.05, 4.69) is 5.32 Å². The fourth-order valence-electron chi connectivity index (χ4n) is 1.86. The van der Waals surface area contributed by atoms with Crippen LogP contribution in [0.25, 0.3) is 0 Å². The van der Waals surface area contributed by atoms with Crippen LogP contribution >= 0.6 is 0 Å². The molecule has 0 aromatic heterocycles. The quantitative estimate of drug-likeness (QED) is 0.647. The average molecular weight is 298 g/mol. The molecule has 1 aliphatic rings. The summed E-state index contributed by atoms with van der Waals surface area (Å²) in [6, 6.07) is 4.42. The van der Waals surface area contributed by atoms with Crippen molar-refractivity contribution in [2.75, 3.05) is 6.54 Å². The van der Waals surface area contributed by atoms with E-state index in [9.17, 15) is 14.0 Å². The van der Waals surface area contributed by atoms with Crippen molar-refractivity contribution in [1.29, 1.82) is 0 Å². The van der Waals surface area contributed by atoms with Gasteiger partial charge in [0.05, 0.1) is 0 Å². The minimum Gasteiger partial charge on any atom is -0.480 e. The first-order valence-electron chi connectivity index (χ1n) is 6.59. The Hall–Kier alpha value is -1.99. The first kappa shape index (κ1) is 17.1. The van der Waals surface area contributed by atoms with Crippen LogP contribution in [-0.4, -0.2) is 40.8 Å². The van der Waals surface area contributed by atoms with Crippen molar-refractivity contribution >= 4 is 11.9 Å². The Morgan fingerprint density at radius 3 is 2.33 bits per heavy atom. The molecule has 0 unspecified atom stereocenters. The summed E-state index contributed by atoms with van der Waals surface area (Å²) in [6.07, 6.45) is 2.00. The van der Waals surface area contributed by atoms with E-state index in [4.69, 9.17) is 15.9 Å². The SMILES string of the molecule is N[C@@H](Cc1ccc(F)cc1)C(=O)O.O=C(O)[C@@H]1CCCN1. The van der Waals surface area contributed by atoms with E-state index >= 15 is 0 Å². The summed E-state index contributed by atoms with van der Waals surface area (Å²) in [5.41, 5.74) is 6.01. The van der Waals surface area contributed by atoms with Crippen LogP contribution in [0, 0.1) is 5.82 Å². The maximum absolute atomic E-state index is 12.4. The first-order valence-corrected chi connectivity index (χ1v) is 6.59. The summed E-state index contributed by atoms with van der Waals surface area (Å²) < 4.78 is 12.4. The van der Waals surface area contributed by atoms with Crippen LogP contribution in [0.15, 0.2) is 24.3 Å². The van der Waals surface area contributed by atoms with Crippen LogP contribution in [0.5, 0.6) is 0 Å². The predicted octanol–water partition coefficient (Wildman–Crippen LogP) is 0.603. The molecule has 116 valence electrons. The molecule has 0 saturated carbocycles. The molecule has 7 heteroatoms. The standard InChI is InChI=1S/C9H10FNO2.C5H9NO2/c10-7-3-1-6(2-4-7)5-8(11)9(12)13;7-5(8)4-2-1-3-6-4/h1-4,8H,5,11H2,(H,12,13);4,6H,1-3H2,(H,7,8)/t8-;4-/m00/s1. The lowest BCUT2D eigenvalue weighted by Crippen LogP contribution is -2.32. The molecule has 1 aromatic carbocycles. The molecule has 21 heavy (non-hydrogen) atoms. The third-order valence-electron chi connectivity index (χ3n) is 3.04. The van der Waals surface area contributed by atoms with Gasteiger partial charge in [0.1, 0.15) is 17.9 Å². The van der Waals surface area contributed by atoms with Crippen molar-refractivity contribution < 1.29 is 24.2 Å². The number of rotatable bonds is 4. The van der Waals surface area contributed by atoms with Gasteiger partial charge in [0.2, 0.25) is 0 Å². The van der Waals surface area contributed by atoms with Crippen LogP contribution in [0.3, 0.4) is 0 Å². The molecule has 5 N–H and O–H groups in total. The average Bonchev–Trinajstić information content (AvgIpc) is 2.96. The van der Waals surface area contributed by atoms with Crippen molar-refractivity contribution in [3.8, 4) is 0 Å². The molecule has 1 fully saturated rings. The molecule has 6 nitrogen and oxygen atoms in total. The number of hydrogen-bond donors (Lipinski definition) is 4. The van der Waals surface area contributed by atoms with E-state index < -0.39 is 18.0 Å². The van der Waals surface area contributed by atoms with E-state index in [1.165, 1.54) is 24.3 Å². The lowest BCUT2D eigenvalue weighted by Gasteiger charge is -2.05. The zero-order chi connectivity index (χ0) is 15.8. The van der Waals surface area contributed by atoms with Gasteiger partial charge in [-0.3, -0.25) is 9.59 Å². The molecule has 0 amide bonds. The van der Waals surface area contributed by atoms with Crippen molar-refractivity contribution in [1.82, 2.24) is 5.32 Å². The van der Waals surface area contributed by atoms with Crippen LogP contribution < -0.4 is 11.1 Å². The van der Waals surface area contributed by atoms with E-state index in [0.717, 1.165) is 24.9 Å². The minimum absolute atomic E-state index is 0.218. The summed E-state index contributed by atoms with van der Waals surface area (Å²) in [4.78, 5) is 20.5. The smallest absolute Gasteiger partial charge is 0.320 e. The van der Waals surface area contributed by atoms with Gasteiger partial charge in [-0.15, -0.1) is 0 Å². The molecular weight excluding hydrogens is 279 g/mol. The highest BCUT2D eigenvalue weighted by Crippen LogP contribution is 2.05. The van der Waals surface area contributed by atoms with Gasteiger partial charge in [-0.05, 0) is 43.5 Å². The van der Waals surface area contributed by atoms with Gasteiger partial charge in [-0.2, -0.15) is 0 Å². The summed E-state index contributed by atoms with van der Waals surface area (Å²) >= 11 is 0. The number of carbonyl (C=O) groups is 2. The maximum atomic E-state index is 12.4. The van der Waals surface area contributed by atoms with E-state index in [1.807, 2.05) is 0 Å². The fourth-order valence-corrected chi connectivity index (χ4v) is 1.86. The molecule has 1 saturated heterocycles. The lowest BCUT2D eigenvalue weighted by molar-refractivity contribution is -0.139. The normalized spacial score (nSPS) is 18.5. The largest absolute Gasteiger partial charge is 0.480 e. The highest BCUT2D eigenvalue weighted by atomic mass is 19.1. The molecule has 0 spiro atoms. The monoisotopic (exact) mass is 298 g/mol. The van der Waals surface area contributed by atoms with Crippen LogP contribution in [0.1, 0.15) is 18.4 Å². The number of carboxylic acids is 2. The van der Waals surface area contributed by atoms with Crippen LogP contribution in [0.2, 0.25) is 0 Å². The lowest BCUT2D eigenvalue weighted by atomic mass is 10.1. The Balaban J connectivity index is 0.000000235. The van der Waals surface area contributed by atoms with Crippen LogP contribution in [-0.2, 0) is 16.0 Å². The Labute approximate surface area is 121 Å². The molecule has 1 aliphatic heterocycles. The molecule has 1 aromatic rings. The van der Waals surface area contributed by atoms with Gasteiger partial charge < -0.3 is 21.3 Å². The predicted molar refractivity (Wildman–Crippen MR) is 74.4 cm³/mol. The zero-order valence-corrected chi connectivity index (χ0v) is 11.5. The minimum atomic E-state index is -1.05. The van der Waals surface area contributed by atoms with Gasteiger partial charge in [-0.1, -0.05) is 12.1 Å². The number of aliphatic carboxylic acids is 2. The van der Waals surface area contributed by atoms with Crippen molar-refractivity contribution in [2.24, 2.45) is 5.73 Å². The second kappa shape index (κ2) is 8.33. The summed E-state index contributed by atoms with van der Waals surface area (Å²) in [5, 5.41) is 19.7. The molecule has 0 bridgehead atoms. The van der Waals surface area contributed by atoms with E-state index in [-0.39, 0.29) is 18.3 Å². The fraction of sp³-hybridized carbons (Fsp3) is 0.429. The summed E-state index contributed by atoms with van der Waals surface area (Å²) in [7, 11) is 0. The molecule has 2 rings (SSSR count). The topological polar surface area (TPSA) is 113 Å². The highest BCUT2D eigenvalue weighted by molar-refractivity contribution is 5.74. The number of nitrogens with two attached hydrogens (primary N) is 1. The number of nitrogens with one attached hydrogen (secondary N) is 1. The van der Waals surface area contributed by atoms with Crippen molar-refractivity contribution in [2.45, 2.75) is 31.3 Å². The summed E-state index contributed by atoms with van der Waals surface area (Å²) in [6.45, 7) is 0.858. The second-order valence-electron chi connectivity index (χ2n) is 4.76. The Morgan fingerprint density at radius 1 is 1.33 bits per heavy atom. The van der Waals surface area contributed by atoms with E-state index in [0.29, 0.717) is 0 Å². The number of carboxylic acid groups (broad SMARTS) is 2. The second-order valence-corrected chi connectivity index (χ2v) is 4.76. The van der Waals surface area contributed by atoms with Crippen LogP contribution in [0.4, 0.5) is 4.39 Å². The third kappa shape index (κ3) is 6.33. The van der Waals surface area contributed by atoms with Gasteiger partial charge in [0, 0.05) is 0 Å². The summed E-state index contributed by atoms with van der Waals surface area (Å²) in [5.74, 6) is -2.11. The third-order valence-corrected chi connectivity index (χ3v) is 3.04. The molecular formula is C14H19FN2O4. The molecule has 2 atom stereocenters. The van der Waals surface area contributed by atoms with E-state index in [1.54, 1.807) is 0 Å².